The SMILES string of the molecule is CC(C)(C)OC(=O)NC1[C@H]2CNC[C@@H]12. The summed E-state index contributed by atoms with van der Waals surface area (Å²) in [7, 11) is 0. The van der Waals surface area contributed by atoms with Crippen molar-refractivity contribution in [3.05, 3.63) is 0 Å². The molecule has 2 N–H and O–H groups in total. The minimum atomic E-state index is -0.396. The predicted octanol–water partition coefficient (Wildman–Crippen LogP) is 0.729. The van der Waals surface area contributed by atoms with E-state index in [-0.39, 0.29) is 6.09 Å². The Morgan fingerprint density at radius 2 is 1.93 bits per heavy atom. The third-order valence-electron chi connectivity index (χ3n) is 2.78. The number of carbonyl (C=O) groups is 1. The molecule has 80 valence electrons. The average molecular weight is 198 g/mol. The summed E-state index contributed by atoms with van der Waals surface area (Å²) in [6, 6.07) is 0.353. The predicted molar refractivity (Wildman–Crippen MR) is 53.0 cm³/mol. The molecule has 1 aliphatic heterocycles. The van der Waals surface area contributed by atoms with Crippen LogP contribution in [-0.4, -0.2) is 30.8 Å². The third kappa shape index (κ3) is 2.00. The Kier molecular flexibility index (Phi) is 2.18. The van der Waals surface area contributed by atoms with Gasteiger partial charge in [-0.1, -0.05) is 0 Å². The first kappa shape index (κ1) is 9.77. The second kappa shape index (κ2) is 3.12. The summed E-state index contributed by atoms with van der Waals surface area (Å²) >= 11 is 0. The molecule has 0 aromatic carbocycles. The Morgan fingerprint density at radius 1 is 1.36 bits per heavy atom. The van der Waals surface area contributed by atoms with Crippen LogP contribution in [0.15, 0.2) is 0 Å². The number of carbonyl (C=O) groups excluding carboxylic acids is 1. The molecule has 1 amide bonds. The molecule has 14 heavy (non-hydrogen) atoms. The summed E-state index contributed by atoms with van der Waals surface area (Å²) in [5.74, 6) is 1.28. The van der Waals surface area contributed by atoms with Crippen LogP contribution in [0, 0.1) is 11.8 Å². The van der Waals surface area contributed by atoms with E-state index in [2.05, 4.69) is 10.6 Å². The number of alkyl carbamates (subject to hydrolysis) is 1. The number of fused-ring (bicyclic) bond motifs is 1. The number of nitrogens with one attached hydrogen (secondary N) is 2. The summed E-state index contributed by atoms with van der Waals surface area (Å²) < 4.78 is 5.18. The summed E-state index contributed by atoms with van der Waals surface area (Å²) in [6.07, 6.45) is -0.281. The molecule has 0 aromatic heterocycles. The van der Waals surface area contributed by atoms with E-state index in [4.69, 9.17) is 4.74 Å². The van der Waals surface area contributed by atoms with E-state index in [9.17, 15) is 4.79 Å². The van der Waals surface area contributed by atoms with E-state index in [0.29, 0.717) is 17.9 Å². The fourth-order valence-corrected chi connectivity index (χ4v) is 2.08. The third-order valence-corrected chi connectivity index (χ3v) is 2.78. The first-order chi connectivity index (χ1) is 6.47. The van der Waals surface area contributed by atoms with Crippen molar-refractivity contribution in [2.75, 3.05) is 13.1 Å². The fraction of sp³-hybridized carbons (Fsp3) is 0.900. The summed E-state index contributed by atoms with van der Waals surface area (Å²) in [4.78, 5) is 11.4. The molecule has 2 aliphatic rings. The van der Waals surface area contributed by atoms with Gasteiger partial charge in [-0.05, 0) is 32.6 Å². The Labute approximate surface area is 84.4 Å². The van der Waals surface area contributed by atoms with Gasteiger partial charge in [-0.2, -0.15) is 0 Å². The van der Waals surface area contributed by atoms with E-state index in [1.165, 1.54) is 0 Å². The Bertz CT molecular complexity index is 237. The molecule has 4 nitrogen and oxygen atoms in total. The molecule has 2 fully saturated rings. The maximum atomic E-state index is 11.4. The van der Waals surface area contributed by atoms with Gasteiger partial charge in [-0.25, -0.2) is 4.79 Å². The van der Waals surface area contributed by atoms with Crippen LogP contribution in [-0.2, 0) is 4.74 Å². The molecular weight excluding hydrogens is 180 g/mol. The molecule has 0 aromatic rings. The number of hydrogen-bond donors (Lipinski definition) is 2. The van der Waals surface area contributed by atoms with Gasteiger partial charge in [0.25, 0.3) is 0 Å². The van der Waals surface area contributed by atoms with Gasteiger partial charge in [0.2, 0.25) is 0 Å². The van der Waals surface area contributed by atoms with Gasteiger partial charge < -0.3 is 15.4 Å². The Hall–Kier alpha value is -0.770. The normalized spacial score (nSPS) is 34.9. The van der Waals surface area contributed by atoms with Crippen LogP contribution in [0.5, 0.6) is 0 Å². The van der Waals surface area contributed by atoms with Crippen molar-refractivity contribution in [1.29, 1.82) is 0 Å². The average Bonchev–Trinajstić information content (AvgIpc) is 2.50. The van der Waals surface area contributed by atoms with Crippen molar-refractivity contribution in [3.63, 3.8) is 0 Å². The largest absolute Gasteiger partial charge is 0.444 e. The number of amides is 1. The minimum Gasteiger partial charge on any atom is -0.444 e. The van der Waals surface area contributed by atoms with Crippen LogP contribution < -0.4 is 10.6 Å². The zero-order valence-corrected chi connectivity index (χ0v) is 8.96. The quantitative estimate of drug-likeness (QED) is 0.653. The summed E-state index contributed by atoms with van der Waals surface area (Å²) in [6.45, 7) is 7.70. The smallest absolute Gasteiger partial charge is 0.407 e. The molecule has 1 aliphatic carbocycles. The highest BCUT2D eigenvalue weighted by atomic mass is 16.6. The minimum absolute atomic E-state index is 0.281. The van der Waals surface area contributed by atoms with E-state index in [1.54, 1.807) is 0 Å². The van der Waals surface area contributed by atoms with E-state index in [1.807, 2.05) is 20.8 Å². The van der Waals surface area contributed by atoms with Crippen molar-refractivity contribution in [3.8, 4) is 0 Å². The lowest BCUT2D eigenvalue weighted by molar-refractivity contribution is 0.0518. The lowest BCUT2D eigenvalue weighted by atomic mass is 10.2. The molecule has 3 atom stereocenters. The van der Waals surface area contributed by atoms with Crippen LogP contribution in [0.25, 0.3) is 0 Å². The first-order valence-electron chi connectivity index (χ1n) is 5.17. The van der Waals surface area contributed by atoms with Crippen LogP contribution in [0.3, 0.4) is 0 Å². The maximum Gasteiger partial charge on any atom is 0.407 e. The molecule has 1 saturated heterocycles. The zero-order chi connectivity index (χ0) is 10.3. The van der Waals surface area contributed by atoms with Crippen molar-refractivity contribution in [2.45, 2.75) is 32.4 Å². The lowest BCUT2D eigenvalue weighted by Gasteiger charge is -2.20. The highest BCUT2D eigenvalue weighted by Gasteiger charge is 2.54. The van der Waals surface area contributed by atoms with Gasteiger partial charge in [0.05, 0.1) is 0 Å². The van der Waals surface area contributed by atoms with Crippen molar-refractivity contribution in [2.24, 2.45) is 11.8 Å². The second-order valence-corrected chi connectivity index (χ2v) is 5.16. The Morgan fingerprint density at radius 3 is 2.43 bits per heavy atom. The lowest BCUT2D eigenvalue weighted by Crippen LogP contribution is -2.37. The van der Waals surface area contributed by atoms with Gasteiger partial charge in [-0.15, -0.1) is 0 Å². The Balaban J connectivity index is 1.74. The van der Waals surface area contributed by atoms with Crippen molar-refractivity contribution < 1.29 is 9.53 Å². The number of rotatable bonds is 1. The molecule has 0 bridgehead atoms. The molecule has 1 heterocycles. The maximum absolute atomic E-state index is 11.4. The van der Waals surface area contributed by atoms with Gasteiger partial charge >= 0.3 is 6.09 Å². The first-order valence-corrected chi connectivity index (χ1v) is 5.17. The van der Waals surface area contributed by atoms with Gasteiger partial charge in [-0.3, -0.25) is 0 Å². The van der Waals surface area contributed by atoms with E-state index < -0.39 is 5.60 Å². The molecule has 0 radical (unpaired) electrons. The van der Waals surface area contributed by atoms with Gasteiger partial charge in [0, 0.05) is 19.1 Å². The highest BCUT2D eigenvalue weighted by Crippen LogP contribution is 2.41. The van der Waals surface area contributed by atoms with Crippen LogP contribution >= 0.6 is 0 Å². The van der Waals surface area contributed by atoms with E-state index >= 15 is 0 Å². The number of ether oxygens (including phenoxy) is 1. The van der Waals surface area contributed by atoms with Crippen LogP contribution in [0.4, 0.5) is 4.79 Å². The molecular formula is C10H18N2O2. The van der Waals surface area contributed by atoms with Crippen LogP contribution in [0.1, 0.15) is 20.8 Å². The molecule has 0 spiro atoms. The molecule has 2 rings (SSSR count). The molecule has 1 unspecified atom stereocenters. The van der Waals surface area contributed by atoms with Gasteiger partial charge in [0.1, 0.15) is 5.60 Å². The number of hydrogen-bond acceptors (Lipinski definition) is 3. The molecule has 1 saturated carbocycles. The zero-order valence-electron chi connectivity index (χ0n) is 8.96. The number of piperidine rings is 1. The second-order valence-electron chi connectivity index (χ2n) is 5.16. The topological polar surface area (TPSA) is 50.4 Å². The monoisotopic (exact) mass is 198 g/mol. The standard InChI is InChI=1S/C10H18N2O2/c1-10(2,3)14-9(13)12-8-6-4-11-5-7(6)8/h6-8,11H,4-5H2,1-3H3,(H,12,13)/t6-,7+,8?. The van der Waals surface area contributed by atoms with Crippen LogP contribution in [0.2, 0.25) is 0 Å². The van der Waals surface area contributed by atoms with Crippen molar-refractivity contribution in [1.82, 2.24) is 10.6 Å². The summed E-state index contributed by atoms with van der Waals surface area (Å²) in [5, 5.41) is 6.19. The summed E-state index contributed by atoms with van der Waals surface area (Å²) in [5.41, 5.74) is -0.396. The van der Waals surface area contributed by atoms with Gasteiger partial charge in [0.15, 0.2) is 0 Å². The van der Waals surface area contributed by atoms with E-state index in [0.717, 1.165) is 13.1 Å². The highest BCUT2D eigenvalue weighted by molar-refractivity contribution is 5.68. The van der Waals surface area contributed by atoms with Crippen molar-refractivity contribution >= 4 is 6.09 Å². The fourth-order valence-electron chi connectivity index (χ4n) is 2.08. The molecule has 4 heteroatoms.